The number of nitro groups is 1. The number of urea groups is 1. The monoisotopic (exact) mass is 420 g/mol. The third-order valence-corrected chi connectivity index (χ3v) is 4.38. The van der Waals surface area contributed by atoms with Crippen molar-refractivity contribution < 1.29 is 27.7 Å². The van der Waals surface area contributed by atoms with Crippen molar-refractivity contribution in [2.45, 2.75) is 19.1 Å². The van der Waals surface area contributed by atoms with Crippen LogP contribution >= 0.6 is 0 Å². The van der Waals surface area contributed by atoms with Crippen molar-refractivity contribution in [2.75, 3.05) is 5.32 Å². The lowest BCUT2D eigenvalue weighted by Gasteiger charge is -2.29. The van der Waals surface area contributed by atoms with E-state index in [9.17, 15) is 32.9 Å². The Bertz CT molecular complexity index is 1070. The summed E-state index contributed by atoms with van der Waals surface area (Å²) >= 11 is 0. The summed E-state index contributed by atoms with van der Waals surface area (Å²) in [6.45, 7) is 1.43. The second kappa shape index (κ2) is 7.85. The number of amides is 3. The second-order valence-electron chi connectivity index (χ2n) is 6.45. The predicted molar refractivity (Wildman–Crippen MR) is 100 cm³/mol. The van der Waals surface area contributed by atoms with Crippen molar-refractivity contribution in [1.29, 1.82) is 0 Å². The molecule has 0 aliphatic carbocycles. The highest BCUT2D eigenvalue weighted by atomic mass is 19.4. The summed E-state index contributed by atoms with van der Waals surface area (Å²) in [5.74, 6) is -0.733. The molecule has 8 nitrogen and oxygen atoms in total. The number of allylic oxidation sites excluding steroid dienone is 1. The number of non-ortho nitro benzene ring substituents is 1. The number of benzene rings is 2. The van der Waals surface area contributed by atoms with Crippen LogP contribution in [-0.4, -0.2) is 16.9 Å². The molecule has 0 saturated heterocycles. The van der Waals surface area contributed by atoms with Gasteiger partial charge in [0.05, 0.1) is 22.1 Å². The molecule has 0 spiro atoms. The average molecular weight is 420 g/mol. The van der Waals surface area contributed by atoms with Crippen molar-refractivity contribution >= 4 is 23.3 Å². The van der Waals surface area contributed by atoms with Crippen LogP contribution in [0.5, 0.6) is 0 Å². The van der Waals surface area contributed by atoms with Crippen LogP contribution in [0.3, 0.4) is 0 Å². The van der Waals surface area contributed by atoms with Crippen LogP contribution in [0.1, 0.15) is 24.1 Å². The molecule has 0 bridgehead atoms. The summed E-state index contributed by atoms with van der Waals surface area (Å²) in [6, 6.07) is 7.62. The SMILES string of the molecule is CC1=C(C(=O)Nc2cccc([N+](=O)[O-])c2)[C@@H](c2cccc(C(F)(F)F)c2)NC(=O)N1. The molecule has 156 valence electrons. The molecule has 0 aromatic heterocycles. The smallest absolute Gasteiger partial charge is 0.327 e. The predicted octanol–water partition coefficient (Wildman–Crippen LogP) is 3.88. The summed E-state index contributed by atoms with van der Waals surface area (Å²) in [5, 5.41) is 18.2. The Morgan fingerprint density at radius 1 is 1.17 bits per heavy atom. The van der Waals surface area contributed by atoms with E-state index in [1.54, 1.807) is 0 Å². The summed E-state index contributed by atoms with van der Waals surface area (Å²) in [7, 11) is 0. The number of anilines is 1. The quantitative estimate of drug-likeness (QED) is 0.515. The normalized spacial score (nSPS) is 16.5. The van der Waals surface area contributed by atoms with Crippen LogP contribution < -0.4 is 16.0 Å². The van der Waals surface area contributed by atoms with E-state index in [2.05, 4.69) is 16.0 Å². The lowest BCUT2D eigenvalue weighted by atomic mass is 9.93. The van der Waals surface area contributed by atoms with Gasteiger partial charge in [-0.2, -0.15) is 13.2 Å². The first kappa shape index (κ1) is 20.8. The minimum Gasteiger partial charge on any atom is -0.327 e. The largest absolute Gasteiger partial charge is 0.416 e. The third-order valence-electron chi connectivity index (χ3n) is 4.38. The van der Waals surface area contributed by atoms with Gasteiger partial charge < -0.3 is 16.0 Å². The topological polar surface area (TPSA) is 113 Å². The van der Waals surface area contributed by atoms with Gasteiger partial charge in [-0.3, -0.25) is 14.9 Å². The highest BCUT2D eigenvalue weighted by Crippen LogP contribution is 2.34. The Morgan fingerprint density at radius 3 is 2.53 bits per heavy atom. The number of hydrogen-bond acceptors (Lipinski definition) is 4. The zero-order valence-electron chi connectivity index (χ0n) is 15.4. The maximum absolute atomic E-state index is 13.1. The number of nitrogens with zero attached hydrogens (tertiary/aromatic N) is 1. The standard InChI is InChI=1S/C19H15F3N4O4/c1-10-15(17(27)24-13-6-3-7-14(9-13)26(29)30)16(25-18(28)23-10)11-4-2-5-12(8-11)19(20,21)22/h2-9,16H,1H3,(H,24,27)(H2,23,25,28)/t16-/m1/s1. The fourth-order valence-electron chi connectivity index (χ4n) is 3.04. The molecule has 2 aromatic rings. The van der Waals surface area contributed by atoms with Crippen molar-refractivity contribution in [3.05, 3.63) is 81.0 Å². The fraction of sp³-hybridized carbons (Fsp3) is 0.158. The van der Waals surface area contributed by atoms with Crippen LogP contribution in [0.15, 0.2) is 59.8 Å². The molecule has 1 heterocycles. The first-order valence-electron chi connectivity index (χ1n) is 8.57. The Morgan fingerprint density at radius 2 is 1.87 bits per heavy atom. The van der Waals surface area contributed by atoms with Gasteiger partial charge in [0.2, 0.25) is 0 Å². The molecule has 0 radical (unpaired) electrons. The van der Waals surface area contributed by atoms with Gasteiger partial charge in [-0.05, 0) is 30.7 Å². The molecule has 11 heteroatoms. The molecule has 3 N–H and O–H groups in total. The first-order valence-corrected chi connectivity index (χ1v) is 8.57. The summed E-state index contributed by atoms with van der Waals surface area (Å²) in [4.78, 5) is 35.1. The zero-order valence-corrected chi connectivity index (χ0v) is 15.4. The van der Waals surface area contributed by atoms with Crippen molar-refractivity contribution in [1.82, 2.24) is 10.6 Å². The summed E-state index contributed by atoms with van der Waals surface area (Å²) < 4.78 is 39.3. The molecule has 1 atom stereocenters. The van der Waals surface area contributed by atoms with E-state index in [0.29, 0.717) is 0 Å². The van der Waals surface area contributed by atoms with Crippen LogP contribution in [0.2, 0.25) is 0 Å². The Balaban J connectivity index is 1.97. The molecule has 3 amide bonds. The Kier molecular flexibility index (Phi) is 5.45. The minimum absolute atomic E-state index is 0.0274. The van der Waals surface area contributed by atoms with Crippen LogP contribution in [0.25, 0.3) is 0 Å². The number of nitro benzene ring substituents is 1. The van der Waals surface area contributed by atoms with E-state index < -0.39 is 34.6 Å². The van der Waals surface area contributed by atoms with E-state index in [4.69, 9.17) is 0 Å². The Hall–Kier alpha value is -3.89. The van der Waals surface area contributed by atoms with E-state index in [1.165, 1.54) is 37.3 Å². The number of rotatable bonds is 4. The molecule has 2 aromatic carbocycles. The lowest BCUT2D eigenvalue weighted by Crippen LogP contribution is -2.46. The van der Waals surface area contributed by atoms with Gasteiger partial charge in [0.25, 0.3) is 11.6 Å². The molecular formula is C19H15F3N4O4. The molecule has 0 saturated carbocycles. The minimum atomic E-state index is -4.60. The van der Waals surface area contributed by atoms with Gasteiger partial charge in [0, 0.05) is 23.5 Å². The lowest BCUT2D eigenvalue weighted by molar-refractivity contribution is -0.384. The van der Waals surface area contributed by atoms with Crippen molar-refractivity contribution in [3.8, 4) is 0 Å². The first-order chi connectivity index (χ1) is 14.1. The molecule has 1 aliphatic heterocycles. The van der Waals surface area contributed by atoms with Gasteiger partial charge in [0.15, 0.2) is 0 Å². The van der Waals surface area contributed by atoms with Gasteiger partial charge >= 0.3 is 12.2 Å². The number of alkyl halides is 3. The van der Waals surface area contributed by atoms with E-state index >= 15 is 0 Å². The maximum atomic E-state index is 13.1. The fourth-order valence-corrected chi connectivity index (χ4v) is 3.04. The highest BCUT2D eigenvalue weighted by molar-refractivity contribution is 6.06. The third kappa shape index (κ3) is 4.40. The number of carbonyl (C=O) groups excluding carboxylic acids is 2. The molecule has 0 unspecified atom stereocenters. The average Bonchev–Trinajstić information content (AvgIpc) is 2.67. The molecule has 0 fully saturated rings. The molecule has 3 rings (SSSR count). The van der Waals surface area contributed by atoms with Gasteiger partial charge in [-0.25, -0.2) is 4.79 Å². The summed E-state index contributed by atoms with van der Waals surface area (Å²) in [6.07, 6.45) is -4.60. The second-order valence-corrected chi connectivity index (χ2v) is 6.45. The zero-order chi connectivity index (χ0) is 22.1. The van der Waals surface area contributed by atoms with E-state index in [-0.39, 0.29) is 28.2 Å². The van der Waals surface area contributed by atoms with Gasteiger partial charge in [-0.1, -0.05) is 18.2 Å². The van der Waals surface area contributed by atoms with Crippen LogP contribution in [0.4, 0.5) is 29.3 Å². The van der Waals surface area contributed by atoms with Crippen molar-refractivity contribution in [3.63, 3.8) is 0 Å². The van der Waals surface area contributed by atoms with Crippen LogP contribution in [0, 0.1) is 10.1 Å². The molecule has 30 heavy (non-hydrogen) atoms. The van der Waals surface area contributed by atoms with E-state index in [1.807, 2.05) is 0 Å². The number of hydrogen-bond donors (Lipinski definition) is 3. The highest BCUT2D eigenvalue weighted by Gasteiger charge is 2.34. The van der Waals surface area contributed by atoms with Crippen LogP contribution in [-0.2, 0) is 11.0 Å². The van der Waals surface area contributed by atoms with Crippen molar-refractivity contribution in [2.24, 2.45) is 0 Å². The van der Waals surface area contributed by atoms with Gasteiger partial charge in [-0.15, -0.1) is 0 Å². The maximum Gasteiger partial charge on any atom is 0.416 e. The van der Waals surface area contributed by atoms with Gasteiger partial charge in [0.1, 0.15) is 0 Å². The molecular weight excluding hydrogens is 405 g/mol. The number of carbonyl (C=O) groups is 2. The Labute approximate surface area is 167 Å². The van der Waals surface area contributed by atoms with E-state index in [0.717, 1.165) is 18.2 Å². The molecule has 1 aliphatic rings. The number of nitrogens with one attached hydrogen (secondary N) is 3. The number of halogens is 3. The summed E-state index contributed by atoms with van der Waals surface area (Å²) in [5.41, 5.74) is -0.881.